The monoisotopic (exact) mass is 223 g/mol. The molecule has 0 saturated heterocycles. The van der Waals surface area contributed by atoms with E-state index >= 15 is 0 Å². The minimum Gasteiger partial charge on any atom is -0.321 e. The standard InChI is InChI=1S/C12H21N3O/c1-5-8(2)12(13)11(16)7-10-6-9(3)14-15(10)4/h6,8,12H,5,7,13H2,1-4H3. The molecule has 2 N–H and O–H groups in total. The van der Waals surface area contributed by atoms with Crippen molar-refractivity contribution in [2.45, 2.75) is 39.7 Å². The number of ketones is 1. The Morgan fingerprint density at radius 3 is 2.69 bits per heavy atom. The van der Waals surface area contributed by atoms with Gasteiger partial charge in [-0.25, -0.2) is 0 Å². The minimum atomic E-state index is -0.361. The molecule has 2 unspecified atom stereocenters. The van der Waals surface area contributed by atoms with Gasteiger partial charge in [-0.15, -0.1) is 0 Å². The first-order chi connectivity index (χ1) is 7.45. The second-order valence-corrected chi connectivity index (χ2v) is 4.46. The summed E-state index contributed by atoms with van der Waals surface area (Å²) in [5.74, 6) is 0.333. The van der Waals surface area contributed by atoms with Crippen molar-refractivity contribution in [3.63, 3.8) is 0 Å². The van der Waals surface area contributed by atoms with Crippen LogP contribution < -0.4 is 5.73 Å². The van der Waals surface area contributed by atoms with Gasteiger partial charge in [-0.2, -0.15) is 5.10 Å². The Balaban J connectivity index is 2.67. The van der Waals surface area contributed by atoms with Crippen molar-refractivity contribution < 1.29 is 4.79 Å². The number of aryl methyl sites for hydroxylation is 2. The highest BCUT2D eigenvalue weighted by molar-refractivity contribution is 5.85. The maximum absolute atomic E-state index is 11.9. The summed E-state index contributed by atoms with van der Waals surface area (Å²) in [7, 11) is 1.85. The Labute approximate surface area is 96.8 Å². The van der Waals surface area contributed by atoms with Crippen molar-refractivity contribution in [2.75, 3.05) is 0 Å². The number of rotatable bonds is 5. The van der Waals surface area contributed by atoms with Crippen molar-refractivity contribution >= 4 is 5.78 Å². The molecule has 0 saturated carbocycles. The maximum Gasteiger partial charge on any atom is 0.155 e. The number of carbonyl (C=O) groups is 1. The lowest BCUT2D eigenvalue weighted by atomic mass is 9.94. The van der Waals surface area contributed by atoms with Gasteiger partial charge in [0.2, 0.25) is 0 Å². The molecule has 0 spiro atoms. The van der Waals surface area contributed by atoms with Crippen molar-refractivity contribution in [3.05, 3.63) is 17.5 Å². The molecule has 0 aromatic carbocycles. The van der Waals surface area contributed by atoms with Crippen molar-refractivity contribution in [3.8, 4) is 0 Å². The number of hydrogen-bond donors (Lipinski definition) is 1. The van der Waals surface area contributed by atoms with Gasteiger partial charge in [0.25, 0.3) is 0 Å². The molecular weight excluding hydrogens is 202 g/mol. The van der Waals surface area contributed by atoms with Gasteiger partial charge in [-0.3, -0.25) is 9.48 Å². The van der Waals surface area contributed by atoms with Crippen molar-refractivity contribution in [2.24, 2.45) is 18.7 Å². The third-order valence-corrected chi connectivity index (χ3v) is 3.08. The average molecular weight is 223 g/mol. The van der Waals surface area contributed by atoms with Crippen LogP contribution in [-0.2, 0) is 18.3 Å². The molecule has 4 heteroatoms. The van der Waals surface area contributed by atoms with Gasteiger partial charge in [-0.1, -0.05) is 20.3 Å². The molecule has 1 rings (SSSR count). The van der Waals surface area contributed by atoms with Crippen LogP contribution >= 0.6 is 0 Å². The highest BCUT2D eigenvalue weighted by atomic mass is 16.1. The van der Waals surface area contributed by atoms with Crippen LogP contribution in [0.1, 0.15) is 31.7 Å². The summed E-state index contributed by atoms with van der Waals surface area (Å²) >= 11 is 0. The van der Waals surface area contributed by atoms with Gasteiger partial charge in [0.05, 0.1) is 18.2 Å². The Hall–Kier alpha value is -1.16. The highest BCUT2D eigenvalue weighted by Gasteiger charge is 2.20. The van der Waals surface area contributed by atoms with Crippen LogP contribution in [0.2, 0.25) is 0 Å². The van der Waals surface area contributed by atoms with E-state index in [4.69, 9.17) is 5.73 Å². The zero-order valence-electron chi connectivity index (χ0n) is 10.5. The fourth-order valence-corrected chi connectivity index (χ4v) is 1.70. The molecule has 4 nitrogen and oxygen atoms in total. The molecular formula is C12H21N3O. The second kappa shape index (κ2) is 5.25. The van der Waals surface area contributed by atoms with E-state index in [0.717, 1.165) is 17.8 Å². The molecule has 16 heavy (non-hydrogen) atoms. The summed E-state index contributed by atoms with van der Waals surface area (Å²) in [5, 5.41) is 4.21. The molecule has 2 atom stereocenters. The molecule has 0 fully saturated rings. The summed E-state index contributed by atoms with van der Waals surface area (Å²) in [4.78, 5) is 11.9. The zero-order valence-corrected chi connectivity index (χ0v) is 10.5. The summed E-state index contributed by atoms with van der Waals surface area (Å²) in [6, 6.07) is 1.57. The van der Waals surface area contributed by atoms with E-state index in [-0.39, 0.29) is 17.7 Å². The van der Waals surface area contributed by atoms with Crippen molar-refractivity contribution in [1.29, 1.82) is 0 Å². The highest BCUT2D eigenvalue weighted by Crippen LogP contribution is 2.10. The molecule has 1 heterocycles. The van der Waals surface area contributed by atoms with Crippen LogP contribution in [0.4, 0.5) is 0 Å². The van der Waals surface area contributed by atoms with E-state index in [1.165, 1.54) is 0 Å². The Morgan fingerprint density at radius 2 is 2.25 bits per heavy atom. The van der Waals surface area contributed by atoms with Gasteiger partial charge in [-0.05, 0) is 18.9 Å². The van der Waals surface area contributed by atoms with E-state index in [1.54, 1.807) is 4.68 Å². The average Bonchev–Trinajstić information content (AvgIpc) is 2.55. The molecule has 0 aliphatic carbocycles. The summed E-state index contributed by atoms with van der Waals surface area (Å²) in [6.45, 7) is 5.98. The number of nitrogens with two attached hydrogens (primary N) is 1. The van der Waals surface area contributed by atoms with Crippen LogP contribution in [0.3, 0.4) is 0 Å². The molecule has 1 aromatic heterocycles. The summed E-state index contributed by atoms with van der Waals surface area (Å²) < 4.78 is 1.75. The quantitative estimate of drug-likeness (QED) is 0.816. The maximum atomic E-state index is 11.9. The SMILES string of the molecule is CCC(C)C(N)C(=O)Cc1cc(C)nn1C. The first kappa shape index (κ1) is 12.9. The number of hydrogen-bond acceptors (Lipinski definition) is 3. The Bertz CT molecular complexity index is 370. The smallest absolute Gasteiger partial charge is 0.155 e. The van der Waals surface area contributed by atoms with Gasteiger partial charge in [0, 0.05) is 12.7 Å². The van der Waals surface area contributed by atoms with E-state index in [9.17, 15) is 4.79 Å². The molecule has 0 radical (unpaired) electrons. The molecule has 0 aliphatic heterocycles. The first-order valence-corrected chi connectivity index (χ1v) is 5.73. The minimum absolute atomic E-state index is 0.0948. The lowest BCUT2D eigenvalue weighted by Gasteiger charge is -2.16. The van der Waals surface area contributed by atoms with Gasteiger partial charge in [0.1, 0.15) is 0 Å². The van der Waals surface area contributed by atoms with Crippen LogP contribution in [-0.4, -0.2) is 21.6 Å². The third-order valence-electron chi connectivity index (χ3n) is 3.08. The second-order valence-electron chi connectivity index (χ2n) is 4.46. The molecule has 90 valence electrons. The zero-order chi connectivity index (χ0) is 12.3. The van der Waals surface area contributed by atoms with E-state index in [0.29, 0.717) is 6.42 Å². The van der Waals surface area contributed by atoms with Gasteiger partial charge in [0.15, 0.2) is 5.78 Å². The predicted molar refractivity (Wildman–Crippen MR) is 64.1 cm³/mol. The lowest BCUT2D eigenvalue weighted by Crippen LogP contribution is -2.37. The molecule has 0 aliphatic rings. The molecule has 0 amide bonds. The summed E-state index contributed by atoms with van der Waals surface area (Å²) in [6.07, 6.45) is 1.31. The van der Waals surface area contributed by atoms with Crippen LogP contribution in [0.15, 0.2) is 6.07 Å². The largest absolute Gasteiger partial charge is 0.321 e. The number of aromatic nitrogens is 2. The molecule has 0 bridgehead atoms. The van der Waals surface area contributed by atoms with Crippen molar-refractivity contribution in [1.82, 2.24) is 9.78 Å². The first-order valence-electron chi connectivity index (χ1n) is 5.73. The number of carbonyl (C=O) groups excluding carboxylic acids is 1. The van der Waals surface area contributed by atoms with Crippen LogP contribution in [0.5, 0.6) is 0 Å². The Morgan fingerprint density at radius 1 is 1.62 bits per heavy atom. The Kier molecular flexibility index (Phi) is 4.24. The lowest BCUT2D eigenvalue weighted by molar-refractivity contribution is -0.120. The number of Topliss-reactive ketones (excluding diaryl/α,β-unsaturated/α-hetero) is 1. The fourth-order valence-electron chi connectivity index (χ4n) is 1.70. The topological polar surface area (TPSA) is 60.9 Å². The number of nitrogens with zero attached hydrogens (tertiary/aromatic N) is 2. The van der Waals surface area contributed by atoms with Gasteiger partial charge < -0.3 is 5.73 Å². The van der Waals surface area contributed by atoms with E-state index in [2.05, 4.69) is 5.10 Å². The third kappa shape index (κ3) is 2.92. The van der Waals surface area contributed by atoms with Crippen LogP contribution in [0, 0.1) is 12.8 Å². The predicted octanol–water partition coefficient (Wildman–Crippen LogP) is 1.21. The summed E-state index contributed by atoms with van der Waals surface area (Å²) in [5.41, 5.74) is 7.76. The van der Waals surface area contributed by atoms with Crippen LogP contribution in [0.25, 0.3) is 0 Å². The molecule has 1 aromatic rings. The fraction of sp³-hybridized carbons (Fsp3) is 0.667. The van der Waals surface area contributed by atoms with E-state index < -0.39 is 0 Å². The normalized spacial score (nSPS) is 14.8. The van der Waals surface area contributed by atoms with Gasteiger partial charge >= 0.3 is 0 Å². The van der Waals surface area contributed by atoms with E-state index in [1.807, 2.05) is 33.9 Å².